The molecule has 2 aromatic rings. The van der Waals surface area contributed by atoms with Gasteiger partial charge >= 0.3 is 0 Å². The zero-order valence-electron chi connectivity index (χ0n) is 14.5. The zero-order valence-corrected chi connectivity index (χ0v) is 14.5. The first kappa shape index (κ1) is 16.9. The lowest BCUT2D eigenvalue weighted by atomic mass is 10.1. The molecule has 1 N–H and O–H groups in total. The lowest BCUT2D eigenvalue weighted by Gasteiger charge is -2.24. The van der Waals surface area contributed by atoms with Crippen molar-refractivity contribution in [3.05, 3.63) is 52.2 Å². The average molecular weight is 328 g/mol. The van der Waals surface area contributed by atoms with Crippen molar-refractivity contribution < 1.29 is 9.64 Å². The molecule has 1 fully saturated rings. The maximum Gasteiger partial charge on any atom is 0.281 e. The molecule has 3 rings (SSSR count). The Morgan fingerprint density at radius 3 is 2.58 bits per heavy atom. The molecule has 0 radical (unpaired) electrons. The quantitative estimate of drug-likeness (QED) is 0.885. The lowest BCUT2D eigenvalue weighted by Crippen LogP contribution is -3.14. The molecule has 24 heavy (non-hydrogen) atoms. The molecule has 5 heteroatoms. The summed E-state index contributed by atoms with van der Waals surface area (Å²) in [5.41, 5.74) is 2.54. The van der Waals surface area contributed by atoms with Gasteiger partial charge < -0.3 is 14.2 Å². The molecule has 5 nitrogen and oxygen atoms in total. The fourth-order valence-corrected chi connectivity index (χ4v) is 3.46. The first-order valence-corrected chi connectivity index (χ1v) is 8.71. The SMILES string of the molecule is Cc1nc(=O)c(-c2ccccc2)c(C)n1CCC[NH+]1CCOCC1. The van der Waals surface area contributed by atoms with E-state index in [0.29, 0.717) is 0 Å². The first-order chi connectivity index (χ1) is 11.7. The van der Waals surface area contributed by atoms with E-state index in [1.165, 1.54) is 0 Å². The normalized spacial score (nSPS) is 15.6. The molecule has 0 unspecified atom stereocenters. The summed E-state index contributed by atoms with van der Waals surface area (Å²) >= 11 is 0. The third kappa shape index (κ3) is 3.74. The molecule has 0 atom stereocenters. The first-order valence-electron chi connectivity index (χ1n) is 8.71. The summed E-state index contributed by atoms with van der Waals surface area (Å²) in [6.45, 7) is 9.90. The van der Waals surface area contributed by atoms with Gasteiger partial charge in [-0.2, -0.15) is 4.98 Å². The van der Waals surface area contributed by atoms with Crippen molar-refractivity contribution in [2.24, 2.45) is 0 Å². The van der Waals surface area contributed by atoms with Crippen LogP contribution in [-0.4, -0.2) is 42.4 Å². The van der Waals surface area contributed by atoms with Crippen molar-refractivity contribution in [1.82, 2.24) is 9.55 Å². The molecule has 0 aliphatic carbocycles. The molecule has 1 aromatic heterocycles. The monoisotopic (exact) mass is 328 g/mol. The van der Waals surface area contributed by atoms with E-state index in [1.54, 1.807) is 4.90 Å². The van der Waals surface area contributed by atoms with Crippen molar-refractivity contribution in [2.75, 3.05) is 32.8 Å². The van der Waals surface area contributed by atoms with Gasteiger partial charge in [0, 0.05) is 18.7 Å². The summed E-state index contributed by atoms with van der Waals surface area (Å²) in [4.78, 5) is 18.3. The number of rotatable bonds is 5. The van der Waals surface area contributed by atoms with Gasteiger partial charge in [-0.05, 0) is 19.4 Å². The van der Waals surface area contributed by atoms with Gasteiger partial charge in [0.1, 0.15) is 18.9 Å². The molecule has 0 saturated carbocycles. The topological polar surface area (TPSA) is 48.6 Å². The highest BCUT2D eigenvalue weighted by atomic mass is 16.5. The number of aryl methyl sites for hydroxylation is 1. The highest BCUT2D eigenvalue weighted by Gasteiger charge is 2.16. The number of aromatic nitrogens is 2. The van der Waals surface area contributed by atoms with Crippen LogP contribution in [0.3, 0.4) is 0 Å². The second kappa shape index (κ2) is 7.73. The van der Waals surface area contributed by atoms with E-state index >= 15 is 0 Å². The molecule has 1 saturated heterocycles. The van der Waals surface area contributed by atoms with Crippen molar-refractivity contribution in [3.8, 4) is 11.1 Å². The van der Waals surface area contributed by atoms with E-state index in [9.17, 15) is 4.79 Å². The number of ether oxygens (including phenoxy) is 1. The third-order valence-corrected chi connectivity index (χ3v) is 4.81. The Bertz CT molecular complexity index is 734. The number of nitrogens with one attached hydrogen (secondary N) is 1. The van der Waals surface area contributed by atoms with Gasteiger partial charge in [-0.25, -0.2) is 0 Å². The summed E-state index contributed by atoms with van der Waals surface area (Å²) in [5.74, 6) is 0.800. The molecular weight excluding hydrogens is 302 g/mol. The highest BCUT2D eigenvalue weighted by Crippen LogP contribution is 2.19. The van der Waals surface area contributed by atoms with Crippen LogP contribution >= 0.6 is 0 Å². The number of nitrogens with zero attached hydrogens (tertiary/aromatic N) is 2. The second-order valence-electron chi connectivity index (χ2n) is 6.41. The molecule has 1 aromatic carbocycles. The Morgan fingerprint density at radius 1 is 1.17 bits per heavy atom. The molecule has 128 valence electrons. The standard InChI is InChI=1S/C19H25N3O2/c1-15-18(17-7-4-3-5-8-17)19(23)20-16(2)22(15)10-6-9-21-11-13-24-14-12-21/h3-5,7-8H,6,9-14H2,1-2H3/p+1. The molecule has 2 heterocycles. The van der Waals surface area contributed by atoms with Gasteiger partial charge in [0.05, 0.1) is 25.3 Å². The Morgan fingerprint density at radius 2 is 1.88 bits per heavy atom. The smallest absolute Gasteiger partial charge is 0.281 e. The van der Waals surface area contributed by atoms with Crippen LogP contribution < -0.4 is 10.5 Å². The summed E-state index contributed by atoms with van der Waals surface area (Å²) in [6, 6.07) is 9.83. The minimum Gasteiger partial charge on any atom is -0.370 e. The van der Waals surface area contributed by atoms with E-state index in [-0.39, 0.29) is 5.56 Å². The van der Waals surface area contributed by atoms with Crippen LogP contribution in [0.15, 0.2) is 35.1 Å². The van der Waals surface area contributed by atoms with Crippen LogP contribution in [0.4, 0.5) is 0 Å². The largest absolute Gasteiger partial charge is 0.370 e. The number of quaternary nitrogens is 1. The Hall–Kier alpha value is -1.98. The van der Waals surface area contributed by atoms with Gasteiger partial charge in [-0.3, -0.25) is 4.79 Å². The van der Waals surface area contributed by atoms with E-state index in [1.807, 2.05) is 44.2 Å². The fraction of sp³-hybridized carbons (Fsp3) is 0.474. The van der Waals surface area contributed by atoms with Gasteiger partial charge in [0.15, 0.2) is 0 Å². The maximum absolute atomic E-state index is 12.4. The van der Waals surface area contributed by atoms with Crippen molar-refractivity contribution in [1.29, 1.82) is 0 Å². The van der Waals surface area contributed by atoms with E-state index < -0.39 is 0 Å². The third-order valence-electron chi connectivity index (χ3n) is 4.81. The van der Waals surface area contributed by atoms with E-state index in [4.69, 9.17) is 4.74 Å². The summed E-state index contributed by atoms with van der Waals surface area (Å²) in [7, 11) is 0. The Kier molecular flexibility index (Phi) is 5.43. The molecule has 0 spiro atoms. The molecule has 1 aliphatic heterocycles. The van der Waals surface area contributed by atoms with E-state index in [0.717, 1.165) is 68.5 Å². The predicted molar refractivity (Wildman–Crippen MR) is 94.4 cm³/mol. The number of hydrogen-bond acceptors (Lipinski definition) is 3. The zero-order chi connectivity index (χ0) is 16.9. The summed E-state index contributed by atoms with van der Waals surface area (Å²) in [5, 5.41) is 0. The van der Waals surface area contributed by atoms with Crippen LogP contribution in [0.1, 0.15) is 17.9 Å². The molecule has 0 bridgehead atoms. The number of hydrogen-bond donors (Lipinski definition) is 1. The van der Waals surface area contributed by atoms with Gasteiger partial charge in [-0.15, -0.1) is 0 Å². The van der Waals surface area contributed by atoms with Crippen LogP contribution in [0.25, 0.3) is 11.1 Å². The Labute approximate surface area is 142 Å². The van der Waals surface area contributed by atoms with Crippen molar-refractivity contribution in [3.63, 3.8) is 0 Å². The molecule has 0 amide bonds. The predicted octanol–water partition coefficient (Wildman–Crippen LogP) is 0.832. The van der Waals surface area contributed by atoms with Crippen LogP contribution in [-0.2, 0) is 11.3 Å². The number of benzene rings is 1. The van der Waals surface area contributed by atoms with Gasteiger partial charge in [0.25, 0.3) is 5.56 Å². The van der Waals surface area contributed by atoms with E-state index in [2.05, 4.69) is 9.55 Å². The highest BCUT2D eigenvalue weighted by molar-refractivity contribution is 5.64. The average Bonchev–Trinajstić information content (AvgIpc) is 2.59. The van der Waals surface area contributed by atoms with Crippen LogP contribution in [0, 0.1) is 13.8 Å². The fourth-order valence-electron chi connectivity index (χ4n) is 3.46. The minimum atomic E-state index is -0.133. The molecule has 1 aliphatic rings. The summed E-state index contributed by atoms with van der Waals surface area (Å²) < 4.78 is 7.59. The van der Waals surface area contributed by atoms with Crippen LogP contribution in [0.5, 0.6) is 0 Å². The van der Waals surface area contributed by atoms with Crippen LogP contribution in [0.2, 0.25) is 0 Å². The second-order valence-corrected chi connectivity index (χ2v) is 6.41. The minimum absolute atomic E-state index is 0.133. The Balaban J connectivity index is 1.79. The van der Waals surface area contributed by atoms with Crippen molar-refractivity contribution in [2.45, 2.75) is 26.8 Å². The van der Waals surface area contributed by atoms with Gasteiger partial charge in [0.2, 0.25) is 0 Å². The summed E-state index contributed by atoms with van der Waals surface area (Å²) in [6.07, 6.45) is 1.08. The maximum atomic E-state index is 12.4. The molecular formula is C19H26N3O2+. The van der Waals surface area contributed by atoms with Gasteiger partial charge in [-0.1, -0.05) is 30.3 Å². The number of morpholine rings is 1. The van der Waals surface area contributed by atoms with Crippen molar-refractivity contribution >= 4 is 0 Å². The lowest BCUT2D eigenvalue weighted by molar-refractivity contribution is -0.908.